The number of nitrogens with one attached hydrogen (secondary N) is 2. The fourth-order valence-electron chi connectivity index (χ4n) is 4.57. The first-order valence-corrected chi connectivity index (χ1v) is 16.4. The van der Waals surface area contributed by atoms with Crippen molar-refractivity contribution in [3.8, 4) is 16.9 Å². The minimum atomic E-state index is -4.20. The summed E-state index contributed by atoms with van der Waals surface area (Å²) in [6.45, 7) is 2.51. The van der Waals surface area contributed by atoms with Crippen molar-refractivity contribution >= 4 is 33.8 Å². The topological polar surface area (TPSA) is 140 Å². The Labute approximate surface area is 255 Å². The van der Waals surface area contributed by atoms with Gasteiger partial charge in [0.05, 0.1) is 12.0 Å². The zero-order valence-electron chi connectivity index (χ0n) is 24.2. The van der Waals surface area contributed by atoms with Crippen molar-refractivity contribution in [1.82, 2.24) is 19.6 Å². The number of aromatic carboxylic acids is 1. The summed E-state index contributed by atoms with van der Waals surface area (Å²) in [4.78, 5) is 29.1. The Bertz CT molecular complexity index is 1680. The average molecular weight is 623 g/mol. The Hall–Kier alpha value is -4.29. The van der Waals surface area contributed by atoms with E-state index in [9.17, 15) is 23.1 Å². The number of carboxylic acid groups (broad SMARTS) is 1. The van der Waals surface area contributed by atoms with Crippen LogP contribution in [0.1, 0.15) is 47.2 Å². The minimum Gasteiger partial charge on any atom is -0.497 e. The molecule has 0 saturated carbocycles. The number of carbonyl (C=O) groups is 2. The smallest absolute Gasteiger partial charge is 0.355 e. The van der Waals surface area contributed by atoms with Crippen molar-refractivity contribution in [2.45, 2.75) is 49.2 Å². The molecule has 0 radical (unpaired) electrons. The van der Waals surface area contributed by atoms with Gasteiger partial charge in [-0.2, -0.15) is 0 Å². The van der Waals surface area contributed by atoms with Crippen LogP contribution in [-0.4, -0.2) is 48.4 Å². The molecule has 2 amide bonds. The van der Waals surface area contributed by atoms with E-state index in [1.165, 1.54) is 17.8 Å². The van der Waals surface area contributed by atoms with Crippen molar-refractivity contribution in [1.29, 1.82) is 0 Å². The molecule has 1 aromatic heterocycles. The number of benzene rings is 3. The van der Waals surface area contributed by atoms with Gasteiger partial charge in [-0.25, -0.2) is 27.7 Å². The quantitative estimate of drug-likeness (QED) is 0.165. The van der Waals surface area contributed by atoms with Gasteiger partial charge in [-0.3, -0.25) is 0 Å². The molecule has 0 saturated heterocycles. The zero-order valence-corrected chi connectivity index (χ0v) is 25.8. The van der Waals surface area contributed by atoms with Crippen LogP contribution in [0, 0.1) is 0 Å². The maximum absolute atomic E-state index is 13.2. The highest BCUT2D eigenvalue weighted by Crippen LogP contribution is 2.29. The Morgan fingerprint density at radius 1 is 1.00 bits per heavy atom. The fraction of sp³-hybridized carbons (Fsp3) is 0.258. The number of hydrogen-bond acceptors (Lipinski definition) is 7. The summed E-state index contributed by atoms with van der Waals surface area (Å²) >= 11 is 1.30. The van der Waals surface area contributed by atoms with Crippen LogP contribution in [0.5, 0.6) is 5.75 Å². The van der Waals surface area contributed by atoms with Crippen molar-refractivity contribution in [3.63, 3.8) is 0 Å². The zero-order chi connectivity index (χ0) is 31.0. The van der Waals surface area contributed by atoms with Crippen LogP contribution in [0.4, 0.5) is 4.79 Å². The number of methoxy groups -OCH3 is 1. The van der Waals surface area contributed by atoms with Crippen molar-refractivity contribution in [2.75, 3.05) is 13.4 Å². The molecule has 0 aliphatic rings. The lowest BCUT2D eigenvalue weighted by molar-refractivity contribution is 0.0681. The molecule has 0 spiro atoms. The van der Waals surface area contributed by atoms with Gasteiger partial charge in [-0.1, -0.05) is 67.9 Å². The van der Waals surface area contributed by atoms with Gasteiger partial charge in [0.15, 0.2) is 5.69 Å². The molecule has 10 nitrogen and oxygen atoms in total. The molecule has 1 heterocycles. The number of carboxylic acids is 1. The maximum atomic E-state index is 13.2. The van der Waals surface area contributed by atoms with Gasteiger partial charge in [-0.05, 0) is 47.6 Å². The first kappa shape index (κ1) is 31.6. The first-order chi connectivity index (χ1) is 20.7. The number of aromatic nitrogens is 2. The number of ether oxygens (including phenoxy) is 1. The molecule has 3 N–H and O–H groups in total. The van der Waals surface area contributed by atoms with Gasteiger partial charge in [0, 0.05) is 25.1 Å². The normalized spacial score (nSPS) is 11.2. The van der Waals surface area contributed by atoms with E-state index in [1.54, 1.807) is 66.3 Å². The SMILES string of the molecule is CCCCc1nc(SC)c(C(=O)O)n1Cc1ccc(-c2ccccc2S(=O)(=O)NC(=O)NCc2ccc(OC)cc2)cc1. The molecule has 12 heteroatoms. The van der Waals surface area contributed by atoms with E-state index in [0.29, 0.717) is 34.9 Å². The second-order valence-electron chi connectivity index (χ2n) is 9.71. The standard InChI is InChI=1S/C31H34N4O6S2/c1-4-5-10-27-33-29(42-3)28(30(36)37)35(27)20-22-11-15-23(16-12-22)25-8-6-7-9-26(25)43(39,40)34-31(38)32-19-21-13-17-24(41-2)18-14-21/h6-9,11-18H,4-5,10,19-20H2,1-3H3,(H,36,37)(H2,32,34,38). The number of rotatable bonds is 13. The number of imidazole rings is 1. The molecular weight excluding hydrogens is 588 g/mol. The summed E-state index contributed by atoms with van der Waals surface area (Å²) in [5.41, 5.74) is 2.83. The number of nitrogens with zero attached hydrogens (tertiary/aromatic N) is 2. The van der Waals surface area contributed by atoms with E-state index in [-0.39, 0.29) is 17.1 Å². The summed E-state index contributed by atoms with van der Waals surface area (Å²) in [5.74, 6) is 0.366. The van der Waals surface area contributed by atoms with Crippen LogP contribution < -0.4 is 14.8 Å². The van der Waals surface area contributed by atoms with Gasteiger partial charge in [0.1, 0.15) is 16.6 Å². The van der Waals surface area contributed by atoms with Crippen LogP contribution in [-0.2, 0) is 29.5 Å². The van der Waals surface area contributed by atoms with E-state index in [1.807, 2.05) is 18.4 Å². The summed E-state index contributed by atoms with van der Waals surface area (Å²) in [7, 11) is -2.65. The van der Waals surface area contributed by atoms with Crippen LogP contribution in [0.2, 0.25) is 0 Å². The van der Waals surface area contributed by atoms with E-state index in [0.717, 1.165) is 29.8 Å². The predicted molar refractivity (Wildman–Crippen MR) is 166 cm³/mol. The predicted octanol–water partition coefficient (Wildman–Crippen LogP) is 5.56. The van der Waals surface area contributed by atoms with E-state index in [2.05, 4.69) is 21.9 Å². The lowest BCUT2D eigenvalue weighted by Gasteiger charge is -2.14. The number of hydrogen-bond donors (Lipinski definition) is 3. The molecule has 4 aromatic rings. The van der Waals surface area contributed by atoms with Crippen LogP contribution >= 0.6 is 11.8 Å². The third-order valence-corrected chi connectivity index (χ3v) is 8.85. The number of amides is 2. The Morgan fingerprint density at radius 2 is 1.67 bits per heavy atom. The van der Waals surface area contributed by atoms with E-state index >= 15 is 0 Å². The number of urea groups is 1. The van der Waals surface area contributed by atoms with Crippen LogP contribution in [0.25, 0.3) is 11.1 Å². The molecule has 0 aliphatic heterocycles. The van der Waals surface area contributed by atoms with Gasteiger partial charge >= 0.3 is 12.0 Å². The largest absolute Gasteiger partial charge is 0.497 e. The molecule has 0 atom stereocenters. The third-order valence-electron chi connectivity index (χ3n) is 6.79. The summed E-state index contributed by atoms with van der Waals surface area (Å²) in [6, 6.07) is 19.9. The second kappa shape index (κ2) is 14.3. The Morgan fingerprint density at radius 3 is 2.30 bits per heavy atom. The molecule has 0 bridgehead atoms. The molecule has 3 aromatic carbocycles. The average Bonchev–Trinajstić information content (AvgIpc) is 3.36. The lowest BCUT2D eigenvalue weighted by atomic mass is 10.0. The maximum Gasteiger partial charge on any atom is 0.355 e. The summed E-state index contributed by atoms with van der Waals surface area (Å²) < 4.78 is 35.4. The highest BCUT2D eigenvalue weighted by atomic mass is 32.2. The van der Waals surface area contributed by atoms with Crippen LogP contribution in [0.15, 0.2) is 82.7 Å². The lowest BCUT2D eigenvalue weighted by Crippen LogP contribution is -2.39. The molecule has 226 valence electrons. The van der Waals surface area contributed by atoms with E-state index < -0.39 is 22.0 Å². The minimum absolute atomic E-state index is 0.0448. The molecule has 0 aliphatic carbocycles. The third kappa shape index (κ3) is 7.76. The van der Waals surface area contributed by atoms with Crippen molar-refractivity contribution < 1.29 is 27.9 Å². The van der Waals surface area contributed by atoms with Crippen LogP contribution in [0.3, 0.4) is 0 Å². The Kier molecular flexibility index (Phi) is 10.5. The number of aryl methyl sites for hydroxylation is 1. The van der Waals surface area contributed by atoms with Gasteiger partial charge in [0.25, 0.3) is 10.0 Å². The highest BCUT2D eigenvalue weighted by Gasteiger charge is 2.23. The summed E-state index contributed by atoms with van der Waals surface area (Å²) in [6.07, 6.45) is 4.32. The molecule has 0 fully saturated rings. The molecule has 43 heavy (non-hydrogen) atoms. The molecule has 0 unspecified atom stereocenters. The Balaban J connectivity index is 1.52. The van der Waals surface area contributed by atoms with Gasteiger partial charge in [-0.15, -0.1) is 11.8 Å². The van der Waals surface area contributed by atoms with Gasteiger partial charge < -0.3 is 19.7 Å². The molecule has 4 rings (SSSR count). The number of carbonyl (C=O) groups excluding carboxylic acids is 1. The van der Waals surface area contributed by atoms with Gasteiger partial charge in [0.2, 0.25) is 0 Å². The highest BCUT2D eigenvalue weighted by molar-refractivity contribution is 7.98. The monoisotopic (exact) mass is 622 g/mol. The number of thioether (sulfide) groups is 1. The van der Waals surface area contributed by atoms with Crippen molar-refractivity contribution in [3.05, 3.63) is 95.4 Å². The fourth-order valence-corrected chi connectivity index (χ4v) is 6.32. The second-order valence-corrected chi connectivity index (χ2v) is 12.2. The summed E-state index contributed by atoms with van der Waals surface area (Å²) in [5, 5.41) is 12.9. The number of sulfonamides is 1. The first-order valence-electron chi connectivity index (χ1n) is 13.7. The molecular formula is C31H34N4O6S2. The van der Waals surface area contributed by atoms with E-state index in [4.69, 9.17) is 4.74 Å². The number of unbranched alkanes of at least 4 members (excludes halogenated alkanes) is 1. The van der Waals surface area contributed by atoms with Crippen molar-refractivity contribution in [2.24, 2.45) is 0 Å².